The quantitative estimate of drug-likeness (QED) is 0.334. The molecule has 1 aliphatic carbocycles. The van der Waals surface area contributed by atoms with E-state index in [9.17, 15) is 26.3 Å². The third kappa shape index (κ3) is 4.99. The molecule has 2 aromatic carbocycles. The van der Waals surface area contributed by atoms with Crippen molar-refractivity contribution in [3.05, 3.63) is 65.4 Å². The van der Waals surface area contributed by atoms with Gasteiger partial charge >= 0.3 is 6.08 Å². The Balaban J connectivity index is 1.87. The van der Waals surface area contributed by atoms with Gasteiger partial charge in [0.2, 0.25) is 0 Å². The average molecular weight is 428 g/mol. The summed E-state index contributed by atoms with van der Waals surface area (Å²) in [4.78, 5) is 0. The third-order valence-electron chi connectivity index (χ3n) is 5.63. The predicted molar refractivity (Wildman–Crippen MR) is 102 cm³/mol. The highest BCUT2D eigenvalue weighted by molar-refractivity contribution is 5.66. The summed E-state index contributed by atoms with van der Waals surface area (Å²) < 4.78 is 86.1. The van der Waals surface area contributed by atoms with Gasteiger partial charge in [0, 0.05) is 0 Å². The molecule has 0 bridgehead atoms. The van der Waals surface area contributed by atoms with E-state index in [1.54, 1.807) is 0 Å². The highest BCUT2D eigenvalue weighted by Gasteiger charge is 2.25. The standard InChI is InChI=1S/C23H22F6O/c1-2-3-13-4-6-14(7-5-13)15-8-17(24)22(18(25)9-15)16-10-19(26)23(20(27)11-16)30-12-21(28)29/h8-14H,2-7H2,1H3. The Morgan fingerprint density at radius 3 is 1.97 bits per heavy atom. The maximum atomic E-state index is 14.7. The van der Waals surface area contributed by atoms with Crippen LogP contribution < -0.4 is 4.74 Å². The number of benzene rings is 2. The van der Waals surface area contributed by atoms with E-state index in [1.165, 1.54) is 12.1 Å². The van der Waals surface area contributed by atoms with Gasteiger partial charge in [0.15, 0.2) is 23.6 Å². The second-order valence-corrected chi connectivity index (χ2v) is 7.66. The molecule has 1 aliphatic rings. The number of rotatable bonds is 6. The van der Waals surface area contributed by atoms with Crippen molar-refractivity contribution in [2.75, 3.05) is 0 Å². The third-order valence-corrected chi connectivity index (χ3v) is 5.63. The van der Waals surface area contributed by atoms with Crippen LogP contribution in [0.15, 0.2) is 36.6 Å². The van der Waals surface area contributed by atoms with Crippen LogP contribution in [0.5, 0.6) is 5.75 Å². The van der Waals surface area contributed by atoms with Crippen molar-refractivity contribution < 1.29 is 31.1 Å². The Morgan fingerprint density at radius 1 is 0.900 bits per heavy atom. The lowest BCUT2D eigenvalue weighted by molar-refractivity contribution is 0.307. The Labute approximate surface area is 171 Å². The summed E-state index contributed by atoms with van der Waals surface area (Å²) in [7, 11) is 0. The van der Waals surface area contributed by atoms with Gasteiger partial charge in [-0.05, 0) is 72.9 Å². The smallest absolute Gasteiger partial charge is 0.305 e. The van der Waals surface area contributed by atoms with Gasteiger partial charge in [-0.25, -0.2) is 17.6 Å². The van der Waals surface area contributed by atoms with Crippen molar-refractivity contribution in [2.24, 2.45) is 5.92 Å². The molecular formula is C23H22F6O. The normalized spacial score (nSPS) is 18.9. The monoisotopic (exact) mass is 428 g/mol. The van der Waals surface area contributed by atoms with Crippen LogP contribution in [0.25, 0.3) is 11.1 Å². The Kier molecular flexibility index (Phi) is 7.10. The van der Waals surface area contributed by atoms with Crippen LogP contribution in [0.2, 0.25) is 0 Å². The van der Waals surface area contributed by atoms with Gasteiger partial charge in [0.05, 0.1) is 5.56 Å². The molecule has 0 aromatic heterocycles. The first kappa shape index (κ1) is 22.2. The van der Waals surface area contributed by atoms with E-state index in [4.69, 9.17) is 0 Å². The minimum Gasteiger partial charge on any atom is -0.453 e. The van der Waals surface area contributed by atoms with Crippen LogP contribution >= 0.6 is 0 Å². The number of halogens is 6. The van der Waals surface area contributed by atoms with Gasteiger partial charge in [-0.15, -0.1) is 0 Å². The summed E-state index contributed by atoms with van der Waals surface area (Å²) in [5.41, 5.74) is -0.418. The molecule has 162 valence electrons. The van der Waals surface area contributed by atoms with Crippen molar-refractivity contribution in [1.29, 1.82) is 0 Å². The van der Waals surface area contributed by atoms with Crippen LogP contribution in [0.3, 0.4) is 0 Å². The second-order valence-electron chi connectivity index (χ2n) is 7.66. The van der Waals surface area contributed by atoms with Crippen molar-refractivity contribution >= 4 is 0 Å². The minimum atomic E-state index is -2.28. The fourth-order valence-corrected chi connectivity index (χ4v) is 4.22. The largest absolute Gasteiger partial charge is 0.453 e. The summed E-state index contributed by atoms with van der Waals surface area (Å²) in [6.07, 6.45) is 3.57. The molecule has 1 saturated carbocycles. The lowest BCUT2D eigenvalue weighted by Crippen LogP contribution is -2.13. The minimum absolute atomic E-state index is 0.0442. The summed E-state index contributed by atoms with van der Waals surface area (Å²) in [6.45, 7) is 2.13. The van der Waals surface area contributed by atoms with Gasteiger partial charge in [-0.1, -0.05) is 19.8 Å². The highest BCUT2D eigenvalue weighted by atomic mass is 19.3. The van der Waals surface area contributed by atoms with E-state index in [0.29, 0.717) is 23.6 Å². The first-order valence-electron chi connectivity index (χ1n) is 9.96. The van der Waals surface area contributed by atoms with Crippen LogP contribution in [0.1, 0.15) is 56.9 Å². The number of ether oxygens (including phenoxy) is 1. The Hall–Kier alpha value is -2.44. The molecule has 0 amide bonds. The van der Waals surface area contributed by atoms with Crippen LogP contribution in [-0.4, -0.2) is 0 Å². The summed E-state index contributed by atoms with van der Waals surface area (Å²) in [5, 5.41) is 0. The molecule has 0 atom stereocenters. The molecule has 0 N–H and O–H groups in total. The van der Waals surface area contributed by atoms with Crippen molar-refractivity contribution in [3.8, 4) is 16.9 Å². The van der Waals surface area contributed by atoms with Crippen molar-refractivity contribution in [2.45, 2.75) is 51.4 Å². The zero-order valence-electron chi connectivity index (χ0n) is 16.5. The van der Waals surface area contributed by atoms with Gasteiger partial charge < -0.3 is 4.74 Å². The molecule has 0 unspecified atom stereocenters. The first-order valence-corrected chi connectivity index (χ1v) is 9.96. The fourth-order valence-electron chi connectivity index (χ4n) is 4.22. The SMILES string of the molecule is CCCC1CCC(c2cc(F)c(-c3cc(F)c(OC=C(F)F)c(F)c3)c(F)c2)CC1. The summed E-state index contributed by atoms with van der Waals surface area (Å²) in [6, 6.07) is 3.73. The van der Waals surface area contributed by atoms with Crippen LogP contribution in [0, 0.1) is 29.2 Å². The maximum absolute atomic E-state index is 14.7. The Morgan fingerprint density at radius 2 is 1.47 bits per heavy atom. The van der Waals surface area contributed by atoms with Crippen LogP contribution in [-0.2, 0) is 0 Å². The molecule has 1 nitrogen and oxygen atoms in total. The molecule has 7 heteroatoms. The van der Waals surface area contributed by atoms with E-state index in [-0.39, 0.29) is 17.7 Å². The fraction of sp³-hybridized carbons (Fsp3) is 0.391. The molecule has 1 fully saturated rings. The molecule has 3 rings (SSSR count). The maximum Gasteiger partial charge on any atom is 0.305 e. The first-order chi connectivity index (χ1) is 14.3. The van der Waals surface area contributed by atoms with Gasteiger partial charge in [0.1, 0.15) is 11.6 Å². The van der Waals surface area contributed by atoms with Crippen LogP contribution in [0.4, 0.5) is 26.3 Å². The van der Waals surface area contributed by atoms with Gasteiger partial charge in [-0.2, -0.15) is 8.78 Å². The molecule has 0 heterocycles. The Bertz CT molecular complexity index is 881. The van der Waals surface area contributed by atoms with Crippen molar-refractivity contribution in [1.82, 2.24) is 0 Å². The number of hydrogen-bond donors (Lipinski definition) is 0. The molecule has 0 spiro atoms. The van der Waals surface area contributed by atoms with E-state index < -0.39 is 40.7 Å². The van der Waals surface area contributed by atoms with Gasteiger partial charge in [0.25, 0.3) is 0 Å². The number of hydrogen-bond acceptors (Lipinski definition) is 1. The second kappa shape index (κ2) is 9.58. The summed E-state index contributed by atoms with van der Waals surface area (Å²) in [5.74, 6) is -4.94. The topological polar surface area (TPSA) is 9.23 Å². The van der Waals surface area contributed by atoms with E-state index >= 15 is 0 Å². The predicted octanol–water partition coefficient (Wildman–Crippen LogP) is 8.10. The molecule has 0 saturated heterocycles. The molecular weight excluding hydrogens is 406 g/mol. The van der Waals surface area contributed by atoms with E-state index in [0.717, 1.165) is 38.5 Å². The van der Waals surface area contributed by atoms with Gasteiger partial charge in [-0.3, -0.25) is 0 Å². The lowest BCUT2D eigenvalue weighted by atomic mass is 9.77. The molecule has 0 radical (unpaired) electrons. The molecule has 30 heavy (non-hydrogen) atoms. The lowest BCUT2D eigenvalue weighted by Gasteiger charge is -2.29. The summed E-state index contributed by atoms with van der Waals surface area (Å²) >= 11 is 0. The van der Waals surface area contributed by atoms with E-state index in [1.807, 2.05) is 0 Å². The van der Waals surface area contributed by atoms with E-state index in [2.05, 4.69) is 11.7 Å². The molecule has 0 aliphatic heterocycles. The zero-order chi connectivity index (χ0) is 21.8. The molecule has 2 aromatic rings. The average Bonchev–Trinajstić information content (AvgIpc) is 2.67. The zero-order valence-corrected chi connectivity index (χ0v) is 16.5. The van der Waals surface area contributed by atoms with Crippen molar-refractivity contribution in [3.63, 3.8) is 0 Å². The highest BCUT2D eigenvalue weighted by Crippen LogP contribution is 2.40.